The van der Waals surface area contributed by atoms with Gasteiger partial charge in [-0.25, -0.2) is 0 Å². The van der Waals surface area contributed by atoms with Crippen molar-refractivity contribution in [3.05, 3.63) is 46.7 Å². The second-order valence-electron chi connectivity index (χ2n) is 4.56. The average Bonchev–Trinajstić information content (AvgIpc) is 3.04. The third kappa shape index (κ3) is 2.32. The number of aromatic nitrogens is 4. The zero-order chi connectivity index (χ0) is 13.9. The molecule has 5 nitrogen and oxygen atoms in total. The Morgan fingerprint density at radius 3 is 2.75 bits per heavy atom. The SMILES string of the molecule is CC[C@@H](c1ccccc1)c1nn2c(COC)nnc2s1. The van der Waals surface area contributed by atoms with E-state index in [1.165, 1.54) is 5.56 Å². The predicted molar refractivity (Wildman–Crippen MR) is 77.9 cm³/mol. The first-order valence-corrected chi connectivity index (χ1v) is 7.40. The minimum atomic E-state index is 0.304. The summed E-state index contributed by atoms with van der Waals surface area (Å²) in [6.45, 7) is 2.60. The summed E-state index contributed by atoms with van der Waals surface area (Å²) in [6.07, 6.45) is 1.01. The Hall–Kier alpha value is -1.79. The molecular weight excluding hydrogens is 272 g/mol. The molecule has 0 bridgehead atoms. The van der Waals surface area contributed by atoms with Crippen molar-refractivity contribution in [2.75, 3.05) is 7.11 Å². The molecule has 0 aliphatic heterocycles. The van der Waals surface area contributed by atoms with Gasteiger partial charge in [-0.05, 0) is 12.0 Å². The van der Waals surface area contributed by atoms with Crippen LogP contribution in [0, 0.1) is 0 Å². The first-order chi connectivity index (χ1) is 9.83. The molecule has 104 valence electrons. The molecule has 0 fully saturated rings. The number of methoxy groups -OCH3 is 1. The van der Waals surface area contributed by atoms with Crippen LogP contribution in [0.4, 0.5) is 0 Å². The van der Waals surface area contributed by atoms with Gasteiger partial charge >= 0.3 is 0 Å². The van der Waals surface area contributed by atoms with Gasteiger partial charge in [0.05, 0.1) is 0 Å². The summed E-state index contributed by atoms with van der Waals surface area (Å²) in [6, 6.07) is 10.5. The number of nitrogens with zero attached hydrogens (tertiary/aromatic N) is 4. The Bertz CT molecular complexity index is 692. The molecule has 3 rings (SSSR count). The summed E-state index contributed by atoms with van der Waals surface area (Å²) in [5, 5.41) is 14.0. The Morgan fingerprint density at radius 2 is 2.05 bits per heavy atom. The van der Waals surface area contributed by atoms with Crippen molar-refractivity contribution in [3.8, 4) is 0 Å². The third-order valence-corrected chi connectivity index (χ3v) is 4.27. The molecule has 0 aliphatic carbocycles. The zero-order valence-corrected chi connectivity index (χ0v) is 12.3. The molecule has 20 heavy (non-hydrogen) atoms. The van der Waals surface area contributed by atoms with Gasteiger partial charge < -0.3 is 4.74 Å². The summed E-state index contributed by atoms with van der Waals surface area (Å²) >= 11 is 1.59. The van der Waals surface area contributed by atoms with Crippen molar-refractivity contribution in [2.24, 2.45) is 0 Å². The van der Waals surface area contributed by atoms with E-state index in [0.717, 1.165) is 22.2 Å². The van der Waals surface area contributed by atoms with Gasteiger partial charge in [0, 0.05) is 13.0 Å². The highest BCUT2D eigenvalue weighted by atomic mass is 32.1. The molecule has 2 aromatic heterocycles. The smallest absolute Gasteiger partial charge is 0.234 e. The van der Waals surface area contributed by atoms with Crippen molar-refractivity contribution in [1.82, 2.24) is 19.8 Å². The van der Waals surface area contributed by atoms with Gasteiger partial charge in [-0.2, -0.15) is 9.61 Å². The Balaban J connectivity index is 2.00. The number of benzene rings is 1. The topological polar surface area (TPSA) is 52.3 Å². The van der Waals surface area contributed by atoms with E-state index < -0.39 is 0 Å². The normalized spacial score (nSPS) is 12.9. The molecule has 0 aliphatic rings. The van der Waals surface area contributed by atoms with Crippen molar-refractivity contribution < 1.29 is 4.74 Å². The quantitative estimate of drug-likeness (QED) is 0.724. The second-order valence-corrected chi connectivity index (χ2v) is 5.54. The maximum absolute atomic E-state index is 5.12. The molecule has 6 heteroatoms. The maximum atomic E-state index is 5.12. The predicted octanol–water partition coefficient (Wildman–Crippen LogP) is 2.87. The molecule has 0 unspecified atom stereocenters. The van der Waals surface area contributed by atoms with Crippen LogP contribution in [0.3, 0.4) is 0 Å². The molecule has 1 atom stereocenters. The fourth-order valence-electron chi connectivity index (χ4n) is 2.27. The lowest BCUT2D eigenvalue weighted by molar-refractivity contribution is 0.176. The van der Waals surface area contributed by atoms with Gasteiger partial charge in [-0.1, -0.05) is 48.6 Å². The monoisotopic (exact) mass is 288 g/mol. The van der Waals surface area contributed by atoms with Crippen molar-refractivity contribution in [2.45, 2.75) is 25.9 Å². The average molecular weight is 288 g/mol. The van der Waals surface area contributed by atoms with Gasteiger partial charge in [0.1, 0.15) is 11.6 Å². The molecule has 0 saturated heterocycles. The van der Waals surface area contributed by atoms with Gasteiger partial charge in [-0.3, -0.25) is 0 Å². The summed E-state index contributed by atoms with van der Waals surface area (Å²) in [5.41, 5.74) is 1.29. The van der Waals surface area contributed by atoms with Crippen LogP contribution in [0.25, 0.3) is 4.96 Å². The van der Waals surface area contributed by atoms with E-state index in [-0.39, 0.29) is 0 Å². The summed E-state index contributed by atoms with van der Waals surface area (Å²) < 4.78 is 6.90. The highest BCUT2D eigenvalue weighted by Crippen LogP contribution is 2.30. The first kappa shape index (κ1) is 13.2. The number of ether oxygens (including phenoxy) is 1. The molecule has 0 radical (unpaired) electrons. The maximum Gasteiger partial charge on any atom is 0.234 e. The van der Waals surface area contributed by atoms with Crippen LogP contribution in [0.5, 0.6) is 0 Å². The summed E-state index contributed by atoms with van der Waals surface area (Å²) in [5.74, 6) is 1.05. The molecule has 3 aromatic rings. The van der Waals surface area contributed by atoms with E-state index in [4.69, 9.17) is 4.74 Å². The van der Waals surface area contributed by atoms with Gasteiger partial charge in [0.2, 0.25) is 4.96 Å². The van der Waals surface area contributed by atoms with Crippen LogP contribution in [-0.2, 0) is 11.3 Å². The lowest BCUT2D eigenvalue weighted by Gasteiger charge is -2.11. The van der Waals surface area contributed by atoms with Crippen LogP contribution < -0.4 is 0 Å². The number of rotatable bonds is 5. The van der Waals surface area contributed by atoms with E-state index in [9.17, 15) is 0 Å². The van der Waals surface area contributed by atoms with E-state index in [1.54, 1.807) is 23.0 Å². The van der Waals surface area contributed by atoms with Crippen molar-refractivity contribution >= 4 is 16.3 Å². The number of hydrogen-bond donors (Lipinski definition) is 0. The fraction of sp³-hybridized carbons (Fsp3) is 0.357. The Kier molecular flexibility index (Phi) is 3.75. The molecule has 1 aromatic carbocycles. The van der Waals surface area contributed by atoms with Crippen LogP contribution in [0.2, 0.25) is 0 Å². The molecule has 0 saturated carbocycles. The van der Waals surface area contributed by atoms with Gasteiger partial charge in [-0.15, -0.1) is 10.2 Å². The standard InChI is InChI=1S/C14H16N4OS/c1-3-11(10-7-5-4-6-8-10)13-17-18-12(9-19-2)15-16-14(18)20-13/h4-8,11H,3,9H2,1-2H3/t11-/m0/s1. The number of fused-ring (bicyclic) bond motifs is 1. The van der Waals surface area contributed by atoms with Gasteiger partial charge in [0.15, 0.2) is 5.82 Å². The number of hydrogen-bond acceptors (Lipinski definition) is 5. The molecular formula is C14H16N4OS. The third-order valence-electron chi connectivity index (χ3n) is 3.25. The van der Waals surface area contributed by atoms with Crippen LogP contribution >= 0.6 is 11.3 Å². The fourth-order valence-corrected chi connectivity index (χ4v) is 3.34. The lowest BCUT2D eigenvalue weighted by Crippen LogP contribution is -2.02. The highest BCUT2D eigenvalue weighted by molar-refractivity contribution is 7.16. The molecule has 0 spiro atoms. The molecule has 0 amide bonds. The molecule has 0 N–H and O–H groups in total. The zero-order valence-electron chi connectivity index (χ0n) is 11.5. The summed E-state index contributed by atoms with van der Waals surface area (Å²) in [4.78, 5) is 0.821. The molecule has 2 heterocycles. The highest BCUT2D eigenvalue weighted by Gasteiger charge is 2.19. The second kappa shape index (κ2) is 5.68. The summed E-state index contributed by atoms with van der Waals surface area (Å²) in [7, 11) is 1.65. The van der Waals surface area contributed by atoms with Crippen LogP contribution in [-0.4, -0.2) is 26.9 Å². The van der Waals surface area contributed by atoms with E-state index in [0.29, 0.717) is 12.5 Å². The largest absolute Gasteiger partial charge is 0.377 e. The Labute approximate surface area is 121 Å². The minimum Gasteiger partial charge on any atom is -0.377 e. The van der Waals surface area contributed by atoms with Crippen LogP contribution in [0.1, 0.15) is 35.7 Å². The Morgan fingerprint density at radius 1 is 1.25 bits per heavy atom. The van der Waals surface area contributed by atoms with E-state index >= 15 is 0 Å². The first-order valence-electron chi connectivity index (χ1n) is 6.58. The van der Waals surface area contributed by atoms with Gasteiger partial charge in [0.25, 0.3) is 0 Å². The van der Waals surface area contributed by atoms with Crippen molar-refractivity contribution in [1.29, 1.82) is 0 Å². The van der Waals surface area contributed by atoms with Crippen LogP contribution in [0.15, 0.2) is 30.3 Å². The van der Waals surface area contributed by atoms with Crippen molar-refractivity contribution in [3.63, 3.8) is 0 Å². The van der Waals surface area contributed by atoms with E-state index in [2.05, 4.69) is 46.5 Å². The minimum absolute atomic E-state index is 0.304. The van der Waals surface area contributed by atoms with E-state index in [1.807, 2.05) is 6.07 Å². The lowest BCUT2D eigenvalue weighted by atomic mass is 9.97.